The monoisotopic (exact) mass is 451 g/mol. The summed E-state index contributed by atoms with van der Waals surface area (Å²) >= 11 is 0. The largest absolute Gasteiger partial charge is 0.480 e. The van der Waals surface area contributed by atoms with Crippen molar-refractivity contribution in [1.29, 1.82) is 0 Å². The van der Waals surface area contributed by atoms with Gasteiger partial charge in [-0.15, -0.1) is 0 Å². The molecule has 2 saturated heterocycles. The molecule has 2 heterocycles. The van der Waals surface area contributed by atoms with Gasteiger partial charge in [-0.2, -0.15) is 0 Å². The van der Waals surface area contributed by atoms with Gasteiger partial charge in [0.1, 0.15) is 18.1 Å². The molecule has 0 radical (unpaired) electrons. The highest BCUT2D eigenvalue weighted by Gasteiger charge is 2.73. The van der Waals surface area contributed by atoms with Crippen LogP contribution in [0.25, 0.3) is 0 Å². The minimum Gasteiger partial charge on any atom is -0.480 e. The number of unbranched alkanes of at least 4 members (excludes halogenated alkanes) is 1. The number of benzene rings is 1. The van der Waals surface area contributed by atoms with Crippen molar-refractivity contribution in [2.45, 2.75) is 75.1 Å². The Labute approximate surface area is 182 Å². The lowest BCUT2D eigenvalue weighted by Crippen LogP contribution is -2.67. The number of carbonyl (C=O) groups is 3. The van der Waals surface area contributed by atoms with Crippen molar-refractivity contribution in [2.24, 2.45) is 5.92 Å². The van der Waals surface area contributed by atoms with Crippen molar-refractivity contribution in [2.75, 3.05) is 0 Å². The van der Waals surface area contributed by atoms with Crippen LogP contribution in [-0.2, 0) is 35.4 Å². The van der Waals surface area contributed by atoms with Gasteiger partial charge >= 0.3 is 11.9 Å². The molecule has 3 rings (SSSR count). The van der Waals surface area contributed by atoms with E-state index < -0.39 is 55.9 Å². The molecule has 0 aromatic heterocycles. The summed E-state index contributed by atoms with van der Waals surface area (Å²) in [6.07, 6.45) is 1.45. The van der Waals surface area contributed by atoms with Crippen LogP contribution in [0.3, 0.4) is 0 Å². The lowest BCUT2D eigenvalue weighted by molar-refractivity contribution is -0.176. The summed E-state index contributed by atoms with van der Waals surface area (Å²) in [5.41, 5.74) is 0.971. The van der Waals surface area contributed by atoms with Gasteiger partial charge < -0.3 is 14.7 Å². The number of esters is 1. The maximum Gasteiger partial charge on any atom is 0.328 e. The Bertz CT molecular complexity index is 957. The van der Waals surface area contributed by atoms with E-state index in [1.54, 1.807) is 0 Å². The maximum atomic E-state index is 13.2. The summed E-state index contributed by atoms with van der Waals surface area (Å²) in [5, 5.41) is 8.30. The van der Waals surface area contributed by atoms with E-state index in [0.717, 1.165) is 16.9 Å². The van der Waals surface area contributed by atoms with Crippen LogP contribution in [0.1, 0.15) is 52.0 Å². The molecular formula is C22H29NO7S. The van der Waals surface area contributed by atoms with Crippen LogP contribution in [0, 0.1) is 5.92 Å². The van der Waals surface area contributed by atoms with Crippen molar-refractivity contribution in [3.05, 3.63) is 35.9 Å². The van der Waals surface area contributed by atoms with E-state index >= 15 is 0 Å². The number of aryl methyl sites for hydroxylation is 1. The Hall–Kier alpha value is -2.42. The molecule has 9 heteroatoms. The van der Waals surface area contributed by atoms with Gasteiger partial charge in [0.15, 0.2) is 15.2 Å². The molecule has 2 fully saturated rings. The summed E-state index contributed by atoms with van der Waals surface area (Å²) in [6, 6.07) is 7.96. The highest BCUT2D eigenvalue weighted by atomic mass is 32.2. The average Bonchev–Trinajstić information content (AvgIpc) is 2.85. The van der Waals surface area contributed by atoms with Crippen LogP contribution in [0.2, 0.25) is 0 Å². The SMILES string of the molecule is CCCCC(=O)O[C@H](CCc1ccccc1)[C@@H]1C(=O)N2[C@@H](C(=O)O)C(C)(C)S(=O)(=O)[C@H]12. The van der Waals surface area contributed by atoms with E-state index in [1.165, 1.54) is 13.8 Å². The quantitative estimate of drug-likeness (QED) is 0.451. The van der Waals surface area contributed by atoms with E-state index in [1.807, 2.05) is 37.3 Å². The zero-order valence-corrected chi connectivity index (χ0v) is 18.8. The fraction of sp³-hybridized carbons (Fsp3) is 0.591. The summed E-state index contributed by atoms with van der Waals surface area (Å²) in [6.45, 7) is 4.60. The van der Waals surface area contributed by atoms with E-state index in [-0.39, 0.29) is 12.8 Å². The van der Waals surface area contributed by atoms with Gasteiger partial charge in [0.25, 0.3) is 0 Å². The average molecular weight is 452 g/mol. The van der Waals surface area contributed by atoms with Gasteiger partial charge in [0.2, 0.25) is 5.91 Å². The molecule has 1 aromatic carbocycles. The molecule has 1 N–H and O–H groups in total. The number of ether oxygens (including phenoxy) is 1. The second kappa shape index (κ2) is 8.61. The van der Waals surface area contributed by atoms with E-state index in [4.69, 9.17) is 4.74 Å². The minimum atomic E-state index is -3.99. The summed E-state index contributed by atoms with van der Waals surface area (Å²) in [7, 11) is -3.99. The molecule has 31 heavy (non-hydrogen) atoms. The van der Waals surface area contributed by atoms with Crippen molar-refractivity contribution < 1.29 is 32.6 Å². The van der Waals surface area contributed by atoms with Crippen LogP contribution in [0.15, 0.2) is 30.3 Å². The topological polar surface area (TPSA) is 118 Å². The Morgan fingerprint density at radius 2 is 1.87 bits per heavy atom. The van der Waals surface area contributed by atoms with Crippen LogP contribution >= 0.6 is 0 Å². The molecular weight excluding hydrogens is 422 g/mol. The number of amides is 1. The number of carboxylic acids is 1. The van der Waals surface area contributed by atoms with Gasteiger partial charge in [0.05, 0.1) is 4.75 Å². The van der Waals surface area contributed by atoms with Crippen LogP contribution in [-0.4, -0.2) is 58.5 Å². The first kappa shape index (κ1) is 23.2. The molecule has 1 amide bonds. The van der Waals surface area contributed by atoms with Crippen molar-refractivity contribution in [1.82, 2.24) is 4.90 Å². The van der Waals surface area contributed by atoms with Crippen LogP contribution in [0.4, 0.5) is 0 Å². The Kier molecular flexibility index (Phi) is 6.45. The molecule has 2 aliphatic rings. The maximum absolute atomic E-state index is 13.2. The second-order valence-corrected chi connectivity index (χ2v) is 11.3. The highest BCUT2D eigenvalue weighted by Crippen LogP contribution is 2.50. The molecule has 4 atom stereocenters. The number of fused-ring (bicyclic) bond motifs is 1. The minimum absolute atomic E-state index is 0.184. The van der Waals surface area contributed by atoms with Gasteiger partial charge in [-0.05, 0) is 38.7 Å². The number of nitrogens with zero attached hydrogens (tertiary/aromatic N) is 1. The third kappa shape index (κ3) is 3.95. The predicted molar refractivity (Wildman–Crippen MR) is 113 cm³/mol. The van der Waals surface area contributed by atoms with Gasteiger partial charge in [0, 0.05) is 6.42 Å². The molecule has 0 bridgehead atoms. The third-order valence-electron chi connectivity index (χ3n) is 6.32. The second-order valence-electron chi connectivity index (χ2n) is 8.71. The summed E-state index contributed by atoms with van der Waals surface area (Å²) < 4.78 is 30.4. The predicted octanol–water partition coefficient (Wildman–Crippen LogP) is 2.17. The van der Waals surface area contributed by atoms with Gasteiger partial charge in [-0.1, -0.05) is 43.7 Å². The summed E-state index contributed by atoms with van der Waals surface area (Å²) in [4.78, 5) is 38.0. The molecule has 0 unspecified atom stereocenters. The lowest BCUT2D eigenvalue weighted by atomic mass is 9.85. The van der Waals surface area contributed by atoms with E-state index in [0.29, 0.717) is 12.8 Å². The Morgan fingerprint density at radius 1 is 1.23 bits per heavy atom. The molecule has 0 saturated carbocycles. The smallest absolute Gasteiger partial charge is 0.328 e. The van der Waals surface area contributed by atoms with Crippen LogP contribution < -0.4 is 0 Å². The number of hydrogen-bond acceptors (Lipinski definition) is 6. The number of β-lactam (4-membered cyclic amide) rings is 1. The normalized spacial score (nSPS) is 26.6. The molecule has 0 spiro atoms. The number of hydrogen-bond donors (Lipinski definition) is 1. The fourth-order valence-electron chi connectivity index (χ4n) is 4.50. The Morgan fingerprint density at radius 3 is 2.45 bits per heavy atom. The van der Waals surface area contributed by atoms with Crippen LogP contribution in [0.5, 0.6) is 0 Å². The number of carbonyl (C=O) groups excluding carboxylic acids is 2. The first-order chi connectivity index (χ1) is 14.5. The summed E-state index contributed by atoms with van der Waals surface area (Å²) in [5.74, 6) is -3.52. The van der Waals surface area contributed by atoms with Crippen molar-refractivity contribution in [3.8, 4) is 0 Å². The van der Waals surface area contributed by atoms with Gasteiger partial charge in [-0.3, -0.25) is 9.59 Å². The first-order valence-electron chi connectivity index (χ1n) is 10.6. The number of aliphatic carboxylic acids is 1. The van der Waals surface area contributed by atoms with E-state index in [9.17, 15) is 27.9 Å². The highest BCUT2D eigenvalue weighted by molar-refractivity contribution is 7.93. The molecule has 0 aliphatic carbocycles. The van der Waals surface area contributed by atoms with Crippen molar-refractivity contribution >= 4 is 27.7 Å². The Balaban J connectivity index is 1.88. The standard InChI is InChI=1S/C22H29NO7S/c1-4-5-11-16(24)30-15(13-12-14-9-7-6-8-10-14)17-19(25)23-18(21(26)27)22(2,3)31(28,29)20(17)23/h6-10,15,17-18,20H,4-5,11-13H2,1-3H3,(H,26,27)/t15-,17-,18+,20-/m1/s1. The third-order valence-corrected chi connectivity index (χ3v) is 9.17. The number of carboxylic acid groups (broad SMARTS) is 1. The first-order valence-corrected chi connectivity index (χ1v) is 12.1. The van der Waals surface area contributed by atoms with Crippen molar-refractivity contribution in [3.63, 3.8) is 0 Å². The zero-order valence-electron chi connectivity index (χ0n) is 18.0. The number of rotatable bonds is 9. The lowest BCUT2D eigenvalue weighted by Gasteiger charge is -2.45. The molecule has 8 nitrogen and oxygen atoms in total. The van der Waals surface area contributed by atoms with E-state index in [2.05, 4.69) is 0 Å². The zero-order chi connectivity index (χ0) is 23.0. The molecule has 170 valence electrons. The number of sulfone groups is 1. The van der Waals surface area contributed by atoms with Gasteiger partial charge in [-0.25, -0.2) is 13.2 Å². The fourth-order valence-corrected chi connectivity index (χ4v) is 6.85. The molecule has 1 aromatic rings. The molecule has 2 aliphatic heterocycles.